The molecule has 0 saturated heterocycles. The number of aliphatic hydroxyl groups excluding tert-OH is 1. The van der Waals surface area contributed by atoms with Crippen LogP contribution >= 0.6 is 0 Å². The minimum absolute atomic E-state index is 0.136. The highest BCUT2D eigenvalue weighted by Gasteiger charge is 1.95. The molecule has 0 aromatic heterocycles. The van der Waals surface area contributed by atoms with E-state index in [-0.39, 0.29) is 6.61 Å². The molecule has 0 amide bonds. The van der Waals surface area contributed by atoms with Gasteiger partial charge in [-0.2, -0.15) is 15.5 Å². The Kier molecular flexibility index (Phi) is 5.59. The van der Waals surface area contributed by atoms with Crippen molar-refractivity contribution in [2.45, 2.75) is 6.54 Å². The molecule has 2 aromatic carbocycles. The van der Waals surface area contributed by atoms with E-state index in [2.05, 4.69) is 21.6 Å². The number of nitrogens with one attached hydrogen (secondary N) is 1. The molecule has 0 spiro atoms. The van der Waals surface area contributed by atoms with Crippen molar-refractivity contribution in [3.05, 3.63) is 59.7 Å². The number of aliphatic hydroxyl groups is 1. The average Bonchev–Trinajstić information content (AvgIpc) is 2.55. The van der Waals surface area contributed by atoms with Crippen LogP contribution in [0.3, 0.4) is 0 Å². The normalized spacial score (nSPS) is 10.7. The van der Waals surface area contributed by atoms with Gasteiger partial charge in [-0.05, 0) is 42.0 Å². The summed E-state index contributed by atoms with van der Waals surface area (Å²) in [5.41, 5.74) is 3.21. The third-order valence-electron chi connectivity index (χ3n) is 2.83. The van der Waals surface area contributed by atoms with Gasteiger partial charge >= 0.3 is 0 Å². The molecule has 0 atom stereocenters. The van der Waals surface area contributed by atoms with Crippen LogP contribution in [0.2, 0.25) is 0 Å². The molecule has 0 unspecified atom stereocenters. The Labute approximate surface area is 123 Å². The zero-order chi connectivity index (χ0) is 14.9. The summed E-state index contributed by atoms with van der Waals surface area (Å²) < 4.78 is 0. The minimum Gasteiger partial charge on any atom is -0.395 e. The van der Waals surface area contributed by atoms with Crippen LogP contribution in [0, 0.1) is 11.3 Å². The first-order valence-electron chi connectivity index (χ1n) is 6.64. The minimum atomic E-state index is 0.136. The number of azo groups is 1. The summed E-state index contributed by atoms with van der Waals surface area (Å²) in [4.78, 5) is 0. The topological polar surface area (TPSA) is 80.8 Å². The molecule has 0 heterocycles. The van der Waals surface area contributed by atoms with Gasteiger partial charge in [-0.3, -0.25) is 0 Å². The molecule has 106 valence electrons. The lowest BCUT2D eigenvalue weighted by atomic mass is 10.2. The summed E-state index contributed by atoms with van der Waals surface area (Å²) in [5.74, 6) is 0. The van der Waals surface area contributed by atoms with Crippen molar-refractivity contribution in [2.75, 3.05) is 13.2 Å². The lowest BCUT2D eigenvalue weighted by molar-refractivity contribution is 0.292. The van der Waals surface area contributed by atoms with Gasteiger partial charge in [-0.1, -0.05) is 12.1 Å². The van der Waals surface area contributed by atoms with Crippen molar-refractivity contribution in [2.24, 2.45) is 10.2 Å². The van der Waals surface area contributed by atoms with Crippen LogP contribution in [-0.2, 0) is 6.54 Å². The van der Waals surface area contributed by atoms with E-state index in [1.54, 1.807) is 24.3 Å². The first-order chi connectivity index (χ1) is 10.3. The van der Waals surface area contributed by atoms with Crippen LogP contribution in [0.5, 0.6) is 0 Å². The number of hydrogen-bond acceptors (Lipinski definition) is 5. The highest BCUT2D eigenvalue weighted by Crippen LogP contribution is 2.19. The van der Waals surface area contributed by atoms with Crippen LogP contribution in [0.15, 0.2) is 58.8 Å². The van der Waals surface area contributed by atoms with E-state index in [9.17, 15) is 0 Å². The van der Waals surface area contributed by atoms with Crippen LogP contribution in [0.1, 0.15) is 11.1 Å². The van der Waals surface area contributed by atoms with Crippen LogP contribution in [0.4, 0.5) is 11.4 Å². The van der Waals surface area contributed by atoms with Gasteiger partial charge in [-0.15, -0.1) is 0 Å². The first kappa shape index (κ1) is 14.9. The van der Waals surface area contributed by atoms with E-state index in [1.807, 2.05) is 24.3 Å². The van der Waals surface area contributed by atoms with E-state index in [0.717, 1.165) is 11.3 Å². The van der Waals surface area contributed by atoms with Gasteiger partial charge in [0.15, 0.2) is 0 Å². The lowest BCUT2D eigenvalue weighted by Gasteiger charge is -2.02. The van der Waals surface area contributed by atoms with E-state index in [4.69, 9.17) is 10.4 Å². The van der Waals surface area contributed by atoms with E-state index >= 15 is 0 Å². The van der Waals surface area contributed by atoms with Crippen LogP contribution < -0.4 is 5.32 Å². The molecule has 2 rings (SSSR count). The third kappa shape index (κ3) is 4.80. The highest BCUT2D eigenvalue weighted by molar-refractivity contribution is 5.44. The van der Waals surface area contributed by atoms with Crippen LogP contribution in [-0.4, -0.2) is 18.3 Å². The second-order valence-electron chi connectivity index (χ2n) is 4.43. The SMILES string of the molecule is N#Cc1ccc(N=Nc2ccc(CNCCO)cc2)cc1. The summed E-state index contributed by atoms with van der Waals surface area (Å²) in [6.45, 7) is 1.44. The first-order valence-corrected chi connectivity index (χ1v) is 6.64. The largest absolute Gasteiger partial charge is 0.395 e. The van der Waals surface area contributed by atoms with Crippen molar-refractivity contribution in [3.63, 3.8) is 0 Å². The number of nitrogens with zero attached hydrogens (tertiary/aromatic N) is 3. The van der Waals surface area contributed by atoms with Crippen LogP contribution in [0.25, 0.3) is 0 Å². The second-order valence-corrected chi connectivity index (χ2v) is 4.43. The molecule has 0 radical (unpaired) electrons. The van der Waals surface area contributed by atoms with Gasteiger partial charge < -0.3 is 10.4 Å². The Morgan fingerprint density at radius 1 is 0.952 bits per heavy atom. The molecule has 5 nitrogen and oxygen atoms in total. The Bertz CT molecular complexity index is 627. The zero-order valence-corrected chi connectivity index (χ0v) is 11.5. The molecule has 0 aliphatic rings. The maximum absolute atomic E-state index is 8.72. The van der Waals surface area contributed by atoms with Crippen molar-refractivity contribution in [1.29, 1.82) is 5.26 Å². The molecule has 0 aliphatic heterocycles. The fraction of sp³-hybridized carbons (Fsp3) is 0.188. The molecule has 0 fully saturated rings. The molecule has 2 N–H and O–H groups in total. The Balaban J connectivity index is 1.95. The number of rotatable bonds is 6. The molecular weight excluding hydrogens is 264 g/mol. The lowest BCUT2D eigenvalue weighted by Crippen LogP contribution is -2.17. The van der Waals surface area contributed by atoms with E-state index in [0.29, 0.717) is 24.3 Å². The molecular formula is C16H16N4O. The third-order valence-corrected chi connectivity index (χ3v) is 2.83. The number of hydrogen-bond donors (Lipinski definition) is 2. The Morgan fingerprint density at radius 2 is 1.52 bits per heavy atom. The van der Waals surface area contributed by atoms with Gasteiger partial charge in [0.25, 0.3) is 0 Å². The predicted molar refractivity (Wildman–Crippen MR) is 80.6 cm³/mol. The Hall–Kier alpha value is -2.55. The van der Waals surface area contributed by atoms with Gasteiger partial charge in [-0.25, -0.2) is 0 Å². The predicted octanol–water partition coefficient (Wildman–Crippen LogP) is 3.06. The number of nitriles is 1. The molecule has 5 heteroatoms. The van der Waals surface area contributed by atoms with Gasteiger partial charge in [0.2, 0.25) is 0 Å². The molecule has 2 aromatic rings. The van der Waals surface area contributed by atoms with Gasteiger partial charge in [0.05, 0.1) is 29.6 Å². The van der Waals surface area contributed by atoms with Gasteiger partial charge in [0, 0.05) is 13.1 Å². The van der Waals surface area contributed by atoms with E-state index in [1.165, 1.54) is 0 Å². The molecule has 0 bridgehead atoms. The van der Waals surface area contributed by atoms with Crippen molar-refractivity contribution in [3.8, 4) is 6.07 Å². The molecule has 0 aliphatic carbocycles. The smallest absolute Gasteiger partial charge is 0.0991 e. The maximum atomic E-state index is 8.72. The number of benzene rings is 2. The monoisotopic (exact) mass is 280 g/mol. The second kappa shape index (κ2) is 7.90. The quantitative estimate of drug-likeness (QED) is 0.630. The van der Waals surface area contributed by atoms with Crippen molar-refractivity contribution >= 4 is 11.4 Å². The fourth-order valence-corrected chi connectivity index (χ4v) is 1.71. The molecule has 21 heavy (non-hydrogen) atoms. The standard InChI is InChI=1S/C16H16N4O/c17-11-13-1-5-15(6-2-13)19-20-16-7-3-14(4-8-16)12-18-9-10-21/h1-8,18,21H,9-10,12H2. The average molecular weight is 280 g/mol. The summed E-state index contributed by atoms with van der Waals surface area (Å²) in [5, 5.41) is 28.8. The van der Waals surface area contributed by atoms with Gasteiger partial charge in [0.1, 0.15) is 0 Å². The zero-order valence-electron chi connectivity index (χ0n) is 11.5. The summed E-state index contributed by atoms with van der Waals surface area (Å²) in [7, 11) is 0. The molecule has 0 saturated carbocycles. The maximum Gasteiger partial charge on any atom is 0.0991 e. The van der Waals surface area contributed by atoms with Crippen molar-refractivity contribution in [1.82, 2.24) is 5.32 Å². The highest BCUT2D eigenvalue weighted by atomic mass is 16.3. The fourth-order valence-electron chi connectivity index (χ4n) is 1.71. The summed E-state index contributed by atoms with van der Waals surface area (Å²) >= 11 is 0. The van der Waals surface area contributed by atoms with Crippen molar-refractivity contribution < 1.29 is 5.11 Å². The Morgan fingerprint density at radius 3 is 2.05 bits per heavy atom. The summed E-state index contributed by atoms with van der Waals surface area (Å²) in [6, 6.07) is 16.7. The summed E-state index contributed by atoms with van der Waals surface area (Å²) in [6.07, 6.45) is 0. The van der Waals surface area contributed by atoms with E-state index < -0.39 is 0 Å².